The van der Waals surface area contributed by atoms with E-state index in [9.17, 15) is 9.59 Å². The summed E-state index contributed by atoms with van der Waals surface area (Å²) in [5.41, 5.74) is 1.94. The van der Waals surface area contributed by atoms with E-state index in [0.717, 1.165) is 5.56 Å². The fourth-order valence-corrected chi connectivity index (χ4v) is 2.78. The van der Waals surface area contributed by atoms with E-state index in [4.69, 9.17) is 14.2 Å². The smallest absolute Gasteiger partial charge is 0.336 e. The molecule has 0 aromatic heterocycles. The van der Waals surface area contributed by atoms with Gasteiger partial charge < -0.3 is 19.5 Å². The van der Waals surface area contributed by atoms with E-state index >= 15 is 0 Å². The lowest BCUT2D eigenvalue weighted by Crippen LogP contribution is -2.11. The van der Waals surface area contributed by atoms with Gasteiger partial charge in [0.15, 0.2) is 11.5 Å². The number of carbonyl (C=O) groups excluding carboxylic acids is 2. The molecule has 0 bridgehead atoms. The van der Waals surface area contributed by atoms with Crippen molar-refractivity contribution in [2.24, 2.45) is 0 Å². The molecule has 0 atom stereocenters. The third-order valence-corrected chi connectivity index (χ3v) is 4.27. The first-order valence-electron chi connectivity index (χ1n) is 9.76. The van der Waals surface area contributed by atoms with Gasteiger partial charge in [0, 0.05) is 17.3 Å². The van der Waals surface area contributed by atoms with Crippen molar-refractivity contribution < 1.29 is 23.8 Å². The van der Waals surface area contributed by atoms with Gasteiger partial charge in [0.25, 0.3) is 5.91 Å². The molecule has 158 valence electrons. The van der Waals surface area contributed by atoms with Crippen LogP contribution in [0.15, 0.2) is 78.9 Å². The van der Waals surface area contributed by atoms with Crippen LogP contribution in [0.1, 0.15) is 22.8 Å². The van der Waals surface area contributed by atoms with Gasteiger partial charge in [0.2, 0.25) is 0 Å². The molecule has 0 saturated heterocycles. The first-order chi connectivity index (χ1) is 15.1. The highest BCUT2D eigenvalue weighted by atomic mass is 16.5. The summed E-state index contributed by atoms with van der Waals surface area (Å²) in [5.74, 6) is 0.792. The summed E-state index contributed by atoms with van der Waals surface area (Å²) in [4.78, 5) is 24.4. The predicted octanol–water partition coefficient (Wildman–Crippen LogP) is 4.97. The maximum absolute atomic E-state index is 12.3. The predicted molar refractivity (Wildman–Crippen MR) is 120 cm³/mol. The number of amides is 1. The monoisotopic (exact) mass is 417 g/mol. The Labute approximate surface area is 181 Å². The normalized spacial score (nSPS) is 10.5. The topological polar surface area (TPSA) is 73.9 Å². The van der Waals surface area contributed by atoms with Crippen LogP contribution in [0.3, 0.4) is 0 Å². The third-order valence-electron chi connectivity index (χ3n) is 4.27. The molecule has 0 heterocycles. The van der Waals surface area contributed by atoms with Gasteiger partial charge in [-0.3, -0.25) is 4.79 Å². The molecule has 6 heteroatoms. The molecule has 3 rings (SSSR count). The molecule has 3 aromatic carbocycles. The van der Waals surface area contributed by atoms with Crippen LogP contribution in [0.4, 0.5) is 5.69 Å². The molecule has 0 aliphatic rings. The van der Waals surface area contributed by atoms with Gasteiger partial charge in [-0.15, -0.1) is 0 Å². The molecule has 0 radical (unpaired) electrons. The van der Waals surface area contributed by atoms with E-state index in [2.05, 4.69) is 5.32 Å². The van der Waals surface area contributed by atoms with Gasteiger partial charge in [-0.25, -0.2) is 4.79 Å². The van der Waals surface area contributed by atoms with E-state index < -0.39 is 5.97 Å². The number of para-hydroxylation sites is 1. The first-order valence-corrected chi connectivity index (χ1v) is 9.76. The fourth-order valence-electron chi connectivity index (χ4n) is 2.78. The Morgan fingerprint density at radius 3 is 2.35 bits per heavy atom. The summed E-state index contributed by atoms with van der Waals surface area (Å²) in [6, 6.07) is 20.9. The van der Waals surface area contributed by atoms with Crippen molar-refractivity contribution in [3.8, 4) is 17.2 Å². The summed E-state index contributed by atoms with van der Waals surface area (Å²) in [6.07, 6.45) is 2.95. The van der Waals surface area contributed by atoms with Crippen LogP contribution in [-0.4, -0.2) is 25.6 Å². The van der Waals surface area contributed by atoms with Gasteiger partial charge in [0.1, 0.15) is 5.75 Å². The summed E-state index contributed by atoms with van der Waals surface area (Å²) < 4.78 is 16.1. The molecule has 0 unspecified atom stereocenters. The molecule has 6 nitrogen and oxygen atoms in total. The van der Waals surface area contributed by atoms with Crippen molar-refractivity contribution in [1.29, 1.82) is 0 Å². The number of rotatable bonds is 8. The standard InChI is InChI=1S/C25H23NO5/c1-3-30-22-15-9-18(17-23(22)29-2)10-16-24(27)31-21-13-11-19(12-14-21)25(28)26-20-7-5-4-6-8-20/h4-17H,3H2,1-2H3,(H,26,28)/b16-10+. The number of esters is 1. The molecule has 0 aliphatic carbocycles. The lowest BCUT2D eigenvalue weighted by molar-refractivity contribution is -0.128. The summed E-state index contributed by atoms with van der Waals surface area (Å²) in [6.45, 7) is 2.43. The van der Waals surface area contributed by atoms with Crippen LogP contribution in [0.25, 0.3) is 6.08 Å². The molecule has 1 amide bonds. The number of nitrogens with one attached hydrogen (secondary N) is 1. The van der Waals surface area contributed by atoms with Crippen LogP contribution >= 0.6 is 0 Å². The molecule has 1 N–H and O–H groups in total. The Morgan fingerprint density at radius 2 is 1.68 bits per heavy atom. The highest BCUT2D eigenvalue weighted by Crippen LogP contribution is 2.28. The number of carbonyl (C=O) groups is 2. The second-order valence-electron chi connectivity index (χ2n) is 6.44. The van der Waals surface area contributed by atoms with Crippen LogP contribution < -0.4 is 19.5 Å². The number of hydrogen-bond acceptors (Lipinski definition) is 5. The van der Waals surface area contributed by atoms with Gasteiger partial charge >= 0.3 is 5.97 Å². The van der Waals surface area contributed by atoms with Crippen LogP contribution in [0, 0.1) is 0 Å². The molecule has 0 fully saturated rings. The largest absolute Gasteiger partial charge is 0.493 e. The number of ether oxygens (including phenoxy) is 3. The summed E-state index contributed by atoms with van der Waals surface area (Å²) >= 11 is 0. The zero-order chi connectivity index (χ0) is 22.1. The molecular weight excluding hydrogens is 394 g/mol. The molecule has 0 spiro atoms. The van der Waals surface area contributed by atoms with Crippen molar-refractivity contribution in [1.82, 2.24) is 0 Å². The Hall–Kier alpha value is -4.06. The lowest BCUT2D eigenvalue weighted by atomic mass is 10.2. The zero-order valence-electron chi connectivity index (χ0n) is 17.3. The van der Waals surface area contributed by atoms with E-state index in [0.29, 0.717) is 35.1 Å². The van der Waals surface area contributed by atoms with Crippen molar-refractivity contribution in [2.75, 3.05) is 19.0 Å². The van der Waals surface area contributed by atoms with Crippen LogP contribution in [0.5, 0.6) is 17.2 Å². The minimum atomic E-state index is -0.533. The number of hydrogen-bond donors (Lipinski definition) is 1. The fraction of sp³-hybridized carbons (Fsp3) is 0.120. The Bertz CT molecular complexity index is 1060. The Balaban J connectivity index is 1.58. The SMILES string of the molecule is CCOc1ccc(/C=C/C(=O)Oc2ccc(C(=O)Nc3ccccc3)cc2)cc1OC. The Morgan fingerprint density at radius 1 is 0.935 bits per heavy atom. The molecule has 3 aromatic rings. The van der Waals surface area contributed by atoms with Gasteiger partial charge in [-0.05, 0) is 67.1 Å². The van der Waals surface area contributed by atoms with Crippen molar-refractivity contribution >= 4 is 23.6 Å². The third kappa shape index (κ3) is 6.21. The highest BCUT2D eigenvalue weighted by Gasteiger charge is 2.08. The average molecular weight is 417 g/mol. The maximum atomic E-state index is 12.3. The van der Waals surface area contributed by atoms with E-state index in [1.54, 1.807) is 61.7 Å². The lowest BCUT2D eigenvalue weighted by Gasteiger charge is -2.09. The maximum Gasteiger partial charge on any atom is 0.336 e. The summed E-state index contributed by atoms with van der Waals surface area (Å²) in [5, 5.41) is 2.80. The van der Waals surface area contributed by atoms with Crippen LogP contribution in [0.2, 0.25) is 0 Å². The minimum absolute atomic E-state index is 0.242. The van der Waals surface area contributed by atoms with Crippen LogP contribution in [-0.2, 0) is 4.79 Å². The van der Waals surface area contributed by atoms with E-state index in [1.807, 2.05) is 31.2 Å². The molecular formula is C25H23NO5. The van der Waals surface area contributed by atoms with E-state index in [-0.39, 0.29) is 5.91 Å². The number of methoxy groups -OCH3 is 1. The number of anilines is 1. The van der Waals surface area contributed by atoms with Crippen molar-refractivity contribution in [3.05, 3.63) is 90.0 Å². The van der Waals surface area contributed by atoms with Gasteiger partial charge in [0.05, 0.1) is 13.7 Å². The second-order valence-corrected chi connectivity index (χ2v) is 6.44. The zero-order valence-corrected chi connectivity index (χ0v) is 17.3. The van der Waals surface area contributed by atoms with E-state index in [1.165, 1.54) is 6.08 Å². The van der Waals surface area contributed by atoms with Gasteiger partial charge in [-0.2, -0.15) is 0 Å². The molecule has 0 aliphatic heterocycles. The molecule has 31 heavy (non-hydrogen) atoms. The quantitative estimate of drug-likeness (QED) is 0.318. The van der Waals surface area contributed by atoms with Crippen molar-refractivity contribution in [3.63, 3.8) is 0 Å². The second kappa shape index (κ2) is 10.6. The van der Waals surface area contributed by atoms with Gasteiger partial charge in [-0.1, -0.05) is 24.3 Å². The Kier molecular flexibility index (Phi) is 7.43. The number of benzene rings is 3. The first kappa shape index (κ1) is 21.6. The van der Waals surface area contributed by atoms with Crippen molar-refractivity contribution in [2.45, 2.75) is 6.92 Å². The average Bonchev–Trinajstić information content (AvgIpc) is 2.79. The minimum Gasteiger partial charge on any atom is -0.493 e. The summed E-state index contributed by atoms with van der Waals surface area (Å²) in [7, 11) is 1.56. The highest BCUT2D eigenvalue weighted by molar-refractivity contribution is 6.04. The molecule has 0 saturated carbocycles.